The van der Waals surface area contributed by atoms with Gasteiger partial charge >= 0.3 is 0 Å². The molecule has 1 atom stereocenters. The molecular weight excluding hydrogens is 507 g/mol. The fourth-order valence-corrected chi connectivity index (χ4v) is 6.45. The SMILES string of the molecule is COc1cc(CN(CC2CCCCC2)[C@H]2CCc3c2ccc(Cl)c3F)ccc1OCCN1C(=O)CCC1=O. The van der Waals surface area contributed by atoms with Crippen molar-refractivity contribution in [2.75, 3.05) is 26.8 Å². The molecule has 0 spiro atoms. The number of rotatable bonds is 10. The van der Waals surface area contributed by atoms with Crippen molar-refractivity contribution in [2.45, 2.75) is 70.4 Å². The highest BCUT2D eigenvalue weighted by Gasteiger charge is 2.32. The third-order valence-corrected chi connectivity index (χ3v) is 8.55. The lowest BCUT2D eigenvalue weighted by atomic mass is 9.88. The Hall–Kier alpha value is -2.64. The van der Waals surface area contributed by atoms with Crippen LogP contribution in [-0.4, -0.2) is 48.4 Å². The Kier molecular flexibility index (Phi) is 8.54. The molecule has 38 heavy (non-hydrogen) atoms. The summed E-state index contributed by atoms with van der Waals surface area (Å²) in [7, 11) is 1.61. The number of fused-ring (bicyclic) bond motifs is 1. The summed E-state index contributed by atoms with van der Waals surface area (Å²) in [5, 5.41) is 0.196. The van der Waals surface area contributed by atoms with Crippen LogP contribution in [-0.2, 0) is 22.6 Å². The summed E-state index contributed by atoms with van der Waals surface area (Å²) < 4.78 is 26.3. The summed E-state index contributed by atoms with van der Waals surface area (Å²) in [6.45, 7) is 2.15. The van der Waals surface area contributed by atoms with Crippen LogP contribution in [0, 0.1) is 11.7 Å². The van der Waals surface area contributed by atoms with Gasteiger partial charge in [0, 0.05) is 32.0 Å². The first kappa shape index (κ1) is 26.9. The Morgan fingerprint density at radius 1 is 1.00 bits per heavy atom. The number of benzene rings is 2. The zero-order chi connectivity index (χ0) is 26.6. The summed E-state index contributed by atoms with van der Waals surface area (Å²) in [6, 6.07) is 9.76. The summed E-state index contributed by atoms with van der Waals surface area (Å²) >= 11 is 6.09. The van der Waals surface area contributed by atoms with Crippen molar-refractivity contribution in [1.29, 1.82) is 0 Å². The van der Waals surface area contributed by atoms with E-state index < -0.39 is 0 Å². The molecule has 8 heteroatoms. The minimum atomic E-state index is -0.273. The Morgan fingerprint density at radius 2 is 1.76 bits per heavy atom. The molecule has 1 saturated heterocycles. The fourth-order valence-electron chi connectivity index (χ4n) is 6.28. The summed E-state index contributed by atoms with van der Waals surface area (Å²) in [5.74, 6) is 1.28. The number of hydrogen-bond acceptors (Lipinski definition) is 5. The van der Waals surface area contributed by atoms with Crippen LogP contribution in [0.15, 0.2) is 30.3 Å². The first-order chi connectivity index (χ1) is 18.4. The van der Waals surface area contributed by atoms with Crippen molar-refractivity contribution in [2.24, 2.45) is 5.92 Å². The molecule has 6 nitrogen and oxygen atoms in total. The highest BCUT2D eigenvalue weighted by atomic mass is 35.5. The van der Waals surface area contributed by atoms with Gasteiger partial charge in [-0.05, 0) is 66.5 Å². The number of likely N-dealkylation sites (tertiary alicyclic amines) is 1. The van der Waals surface area contributed by atoms with Crippen molar-refractivity contribution in [3.05, 3.63) is 57.9 Å². The lowest BCUT2D eigenvalue weighted by Gasteiger charge is -2.34. The molecule has 0 bridgehead atoms. The predicted octanol–water partition coefficient (Wildman–Crippen LogP) is 6.09. The summed E-state index contributed by atoms with van der Waals surface area (Å²) in [5.41, 5.74) is 2.91. The van der Waals surface area contributed by atoms with Crippen LogP contribution in [0.4, 0.5) is 4.39 Å². The Bertz CT molecular complexity index is 1170. The zero-order valence-electron chi connectivity index (χ0n) is 22.0. The van der Waals surface area contributed by atoms with Crippen molar-refractivity contribution >= 4 is 23.4 Å². The normalized spacial score (nSPS) is 19.9. The van der Waals surface area contributed by atoms with E-state index in [1.165, 1.54) is 37.0 Å². The first-order valence-electron chi connectivity index (χ1n) is 13.8. The Balaban J connectivity index is 1.31. The van der Waals surface area contributed by atoms with E-state index in [9.17, 15) is 14.0 Å². The Labute approximate surface area is 229 Å². The van der Waals surface area contributed by atoms with Crippen LogP contribution in [0.1, 0.15) is 74.1 Å². The average Bonchev–Trinajstić information content (AvgIpc) is 3.50. The van der Waals surface area contributed by atoms with Crippen LogP contribution in [0.2, 0.25) is 5.02 Å². The van der Waals surface area contributed by atoms with E-state index in [4.69, 9.17) is 21.1 Å². The third-order valence-electron chi connectivity index (χ3n) is 8.26. The molecule has 2 aliphatic carbocycles. The van der Waals surface area contributed by atoms with Gasteiger partial charge in [-0.2, -0.15) is 0 Å². The number of hydrogen-bond donors (Lipinski definition) is 0. The minimum Gasteiger partial charge on any atom is -0.493 e. The number of imide groups is 1. The van der Waals surface area contributed by atoms with Crippen molar-refractivity contribution < 1.29 is 23.5 Å². The molecule has 2 fully saturated rings. The maximum atomic E-state index is 14.8. The highest BCUT2D eigenvalue weighted by molar-refractivity contribution is 6.30. The number of ether oxygens (including phenoxy) is 2. The van der Waals surface area contributed by atoms with Crippen LogP contribution >= 0.6 is 11.6 Å². The van der Waals surface area contributed by atoms with Crippen LogP contribution in [0.25, 0.3) is 0 Å². The lowest BCUT2D eigenvalue weighted by molar-refractivity contribution is -0.138. The molecule has 1 heterocycles. The summed E-state index contributed by atoms with van der Waals surface area (Å²) in [6.07, 6.45) is 8.48. The number of amides is 2. The van der Waals surface area contributed by atoms with Crippen molar-refractivity contribution in [1.82, 2.24) is 9.80 Å². The maximum Gasteiger partial charge on any atom is 0.229 e. The second kappa shape index (κ2) is 12.0. The zero-order valence-corrected chi connectivity index (χ0v) is 22.8. The van der Waals surface area contributed by atoms with E-state index in [1.807, 2.05) is 24.3 Å². The van der Waals surface area contributed by atoms with Gasteiger partial charge in [-0.25, -0.2) is 4.39 Å². The number of nitrogens with zero attached hydrogens (tertiary/aromatic N) is 2. The molecule has 0 aromatic heterocycles. The van der Waals surface area contributed by atoms with Gasteiger partial charge in [-0.15, -0.1) is 0 Å². The van der Waals surface area contributed by atoms with Gasteiger partial charge < -0.3 is 9.47 Å². The molecule has 0 radical (unpaired) electrons. The van der Waals surface area contributed by atoms with Gasteiger partial charge in [-0.1, -0.05) is 43.0 Å². The van der Waals surface area contributed by atoms with E-state index in [0.29, 0.717) is 23.8 Å². The number of carbonyl (C=O) groups is 2. The molecule has 3 aliphatic rings. The Morgan fingerprint density at radius 3 is 2.50 bits per heavy atom. The average molecular weight is 543 g/mol. The number of halogens is 2. The van der Waals surface area contributed by atoms with Gasteiger partial charge in [-0.3, -0.25) is 19.4 Å². The maximum absolute atomic E-state index is 14.8. The van der Waals surface area contributed by atoms with E-state index in [-0.39, 0.29) is 54.7 Å². The molecule has 204 valence electrons. The molecule has 5 rings (SSSR count). The molecule has 0 N–H and O–H groups in total. The van der Waals surface area contributed by atoms with Gasteiger partial charge in [0.15, 0.2) is 11.5 Å². The van der Waals surface area contributed by atoms with E-state index >= 15 is 0 Å². The number of carbonyl (C=O) groups excluding carboxylic acids is 2. The van der Waals surface area contributed by atoms with E-state index in [2.05, 4.69) is 4.90 Å². The van der Waals surface area contributed by atoms with E-state index in [1.54, 1.807) is 13.2 Å². The molecule has 1 saturated carbocycles. The van der Waals surface area contributed by atoms with Crippen LogP contribution in [0.5, 0.6) is 11.5 Å². The van der Waals surface area contributed by atoms with Gasteiger partial charge in [0.2, 0.25) is 11.8 Å². The smallest absolute Gasteiger partial charge is 0.229 e. The molecular formula is C30H36ClFN2O4. The highest BCUT2D eigenvalue weighted by Crippen LogP contribution is 2.41. The predicted molar refractivity (Wildman–Crippen MR) is 144 cm³/mol. The van der Waals surface area contributed by atoms with Crippen LogP contribution < -0.4 is 9.47 Å². The second-order valence-corrected chi connectivity index (χ2v) is 11.1. The van der Waals surface area contributed by atoms with E-state index in [0.717, 1.165) is 36.2 Å². The molecule has 1 aliphatic heterocycles. The molecule has 2 aromatic rings. The molecule has 2 aromatic carbocycles. The minimum absolute atomic E-state index is 0.144. The van der Waals surface area contributed by atoms with Crippen LogP contribution in [0.3, 0.4) is 0 Å². The van der Waals surface area contributed by atoms with Gasteiger partial charge in [0.1, 0.15) is 12.4 Å². The van der Waals surface area contributed by atoms with Crippen molar-refractivity contribution in [3.8, 4) is 11.5 Å². The topological polar surface area (TPSA) is 59.1 Å². The lowest BCUT2D eigenvalue weighted by Crippen LogP contribution is -2.33. The molecule has 2 amide bonds. The summed E-state index contributed by atoms with van der Waals surface area (Å²) in [4.78, 5) is 27.5. The molecule has 0 unspecified atom stereocenters. The fraction of sp³-hybridized carbons (Fsp3) is 0.533. The standard InChI is InChI=1S/C30H36ClFN2O4/c1-37-27-17-21(7-12-26(27)38-16-15-34-28(35)13-14-29(34)36)19-33(18-20-5-3-2-4-6-20)25-11-9-23-22(25)8-10-24(31)30(23)32/h7-8,10,12,17,20,25H,2-6,9,11,13-16,18-19H2,1H3/t25-/m0/s1. The quantitative estimate of drug-likeness (QED) is 0.340. The van der Waals surface area contributed by atoms with Crippen molar-refractivity contribution in [3.63, 3.8) is 0 Å². The largest absolute Gasteiger partial charge is 0.493 e. The second-order valence-electron chi connectivity index (χ2n) is 10.7. The van der Waals surface area contributed by atoms with Gasteiger partial charge in [0.05, 0.1) is 18.7 Å². The monoisotopic (exact) mass is 542 g/mol. The van der Waals surface area contributed by atoms with Gasteiger partial charge in [0.25, 0.3) is 0 Å². The first-order valence-corrected chi connectivity index (χ1v) is 14.2. The third kappa shape index (κ3) is 5.84. The number of methoxy groups -OCH3 is 1.